The van der Waals surface area contributed by atoms with Crippen molar-refractivity contribution in [2.75, 3.05) is 13.2 Å². The number of nitrogens with zero attached hydrogens (tertiary/aromatic N) is 1. The van der Waals surface area contributed by atoms with Crippen molar-refractivity contribution in [3.63, 3.8) is 0 Å². The van der Waals surface area contributed by atoms with E-state index in [0.717, 1.165) is 30.0 Å². The highest BCUT2D eigenvalue weighted by Crippen LogP contribution is 2.25. The summed E-state index contributed by atoms with van der Waals surface area (Å²) in [6.45, 7) is 4.85. The number of hydrogen-bond donors (Lipinski definition) is 1. The molecule has 1 aliphatic rings. The Morgan fingerprint density at radius 3 is 2.68 bits per heavy atom. The first-order valence-corrected chi connectivity index (χ1v) is 6.82. The summed E-state index contributed by atoms with van der Waals surface area (Å²) < 4.78 is 5.56. The van der Waals surface area contributed by atoms with E-state index in [0.29, 0.717) is 6.61 Å². The third kappa shape index (κ3) is 3.67. The van der Waals surface area contributed by atoms with Gasteiger partial charge < -0.3 is 9.84 Å². The Hall–Kier alpha value is -1.61. The lowest BCUT2D eigenvalue weighted by Crippen LogP contribution is -2.21. The number of aliphatic imine (C=N–C) groups is 1. The van der Waals surface area contributed by atoms with Crippen LogP contribution in [0.1, 0.15) is 25.3 Å². The van der Waals surface area contributed by atoms with Crippen molar-refractivity contribution >= 4 is 11.4 Å². The van der Waals surface area contributed by atoms with Crippen molar-refractivity contribution < 1.29 is 9.84 Å². The van der Waals surface area contributed by atoms with Gasteiger partial charge in [0.2, 0.25) is 0 Å². The molecule has 0 heterocycles. The molecule has 1 aromatic rings. The summed E-state index contributed by atoms with van der Waals surface area (Å²) in [5, 5.41) is 9.45. The Morgan fingerprint density at radius 1 is 1.32 bits per heavy atom. The molecular weight excluding hydrogens is 238 g/mol. The molecule has 1 aromatic carbocycles. The molecule has 0 aliphatic heterocycles. The first-order valence-electron chi connectivity index (χ1n) is 6.82. The highest BCUT2D eigenvalue weighted by molar-refractivity contribution is 5.99. The molecule has 1 unspecified atom stereocenters. The van der Waals surface area contributed by atoms with E-state index in [1.165, 1.54) is 5.56 Å². The van der Waals surface area contributed by atoms with Crippen LogP contribution < -0.4 is 0 Å². The second kappa shape index (κ2) is 6.53. The molecule has 1 aliphatic carbocycles. The first kappa shape index (κ1) is 13.8. The molecule has 0 bridgehead atoms. The quantitative estimate of drug-likeness (QED) is 0.900. The molecule has 0 radical (unpaired) electrons. The number of rotatable bonds is 4. The van der Waals surface area contributed by atoms with Gasteiger partial charge in [-0.15, -0.1) is 0 Å². The Morgan fingerprint density at radius 2 is 2.05 bits per heavy atom. The van der Waals surface area contributed by atoms with Crippen LogP contribution in [0.25, 0.3) is 0 Å². The zero-order chi connectivity index (χ0) is 13.7. The number of allylic oxidation sites excluding steroid dienone is 2. The van der Waals surface area contributed by atoms with Crippen LogP contribution in [0.3, 0.4) is 0 Å². The Labute approximate surface area is 114 Å². The molecule has 19 heavy (non-hydrogen) atoms. The van der Waals surface area contributed by atoms with Crippen molar-refractivity contribution in [2.24, 2.45) is 10.9 Å². The molecular formula is C16H21NO2. The van der Waals surface area contributed by atoms with Gasteiger partial charge in [-0.05, 0) is 38.5 Å². The SMILES string of the molecule is CCOC1=CC(=Nc2ccc(C)cc2)C(CO)CC1. The lowest BCUT2D eigenvalue weighted by atomic mass is 9.92. The standard InChI is InChI=1S/C16H21NO2/c1-3-19-15-9-6-13(11-18)16(10-15)17-14-7-4-12(2)5-8-14/h4-5,7-8,10,13,18H,3,6,9,11H2,1-2H3. The number of aliphatic hydroxyl groups excluding tert-OH is 1. The number of aliphatic hydroxyl groups is 1. The summed E-state index contributed by atoms with van der Waals surface area (Å²) in [6.07, 6.45) is 3.76. The normalized spacial score (nSPS) is 21.3. The number of benzene rings is 1. The molecule has 0 saturated heterocycles. The van der Waals surface area contributed by atoms with Gasteiger partial charge in [0, 0.05) is 18.1 Å². The van der Waals surface area contributed by atoms with Gasteiger partial charge in [0.25, 0.3) is 0 Å². The fraction of sp³-hybridized carbons (Fsp3) is 0.438. The topological polar surface area (TPSA) is 41.8 Å². The highest BCUT2D eigenvalue weighted by Gasteiger charge is 2.20. The molecule has 2 rings (SSSR count). The molecule has 0 saturated carbocycles. The molecule has 102 valence electrons. The van der Waals surface area contributed by atoms with Gasteiger partial charge in [0.15, 0.2) is 0 Å². The van der Waals surface area contributed by atoms with Crippen LogP contribution in [0, 0.1) is 12.8 Å². The summed E-state index contributed by atoms with van der Waals surface area (Å²) >= 11 is 0. The van der Waals surface area contributed by atoms with E-state index in [2.05, 4.69) is 11.9 Å². The van der Waals surface area contributed by atoms with Gasteiger partial charge in [-0.1, -0.05) is 17.7 Å². The van der Waals surface area contributed by atoms with Gasteiger partial charge in [-0.25, -0.2) is 0 Å². The summed E-state index contributed by atoms with van der Waals surface area (Å²) in [4.78, 5) is 4.64. The Kier molecular flexibility index (Phi) is 4.74. The molecule has 0 amide bonds. The molecule has 0 fully saturated rings. The average molecular weight is 259 g/mol. The Bertz CT molecular complexity index is 474. The van der Waals surface area contributed by atoms with Crippen LogP contribution >= 0.6 is 0 Å². The van der Waals surface area contributed by atoms with E-state index in [4.69, 9.17) is 4.74 Å². The maximum absolute atomic E-state index is 9.45. The van der Waals surface area contributed by atoms with Crippen LogP contribution in [0.2, 0.25) is 0 Å². The van der Waals surface area contributed by atoms with Crippen molar-refractivity contribution in [1.29, 1.82) is 0 Å². The van der Waals surface area contributed by atoms with E-state index in [9.17, 15) is 5.11 Å². The van der Waals surface area contributed by atoms with Crippen LogP contribution in [-0.4, -0.2) is 24.0 Å². The molecule has 3 heteroatoms. The van der Waals surface area contributed by atoms with Crippen LogP contribution in [-0.2, 0) is 4.74 Å². The molecule has 0 aromatic heterocycles. The highest BCUT2D eigenvalue weighted by atomic mass is 16.5. The van der Waals surface area contributed by atoms with E-state index in [-0.39, 0.29) is 12.5 Å². The summed E-state index contributed by atoms with van der Waals surface area (Å²) in [5.41, 5.74) is 3.06. The minimum Gasteiger partial charge on any atom is -0.498 e. The van der Waals surface area contributed by atoms with Crippen LogP contribution in [0.5, 0.6) is 0 Å². The van der Waals surface area contributed by atoms with Crippen molar-refractivity contribution in [3.05, 3.63) is 41.7 Å². The summed E-state index contributed by atoms with van der Waals surface area (Å²) in [7, 11) is 0. The monoisotopic (exact) mass is 259 g/mol. The zero-order valence-electron chi connectivity index (χ0n) is 11.6. The second-order valence-electron chi connectivity index (χ2n) is 4.83. The lowest BCUT2D eigenvalue weighted by Gasteiger charge is -2.22. The largest absolute Gasteiger partial charge is 0.498 e. The van der Waals surface area contributed by atoms with Crippen molar-refractivity contribution in [3.8, 4) is 0 Å². The Balaban J connectivity index is 2.26. The van der Waals surface area contributed by atoms with Gasteiger partial charge >= 0.3 is 0 Å². The van der Waals surface area contributed by atoms with Crippen LogP contribution in [0.4, 0.5) is 5.69 Å². The van der Waals surface area contributed by atoms with Crippen molar-refractivity contribution in [2.45, 2.75) is 26.7 Å². The molecule has 3 nitrogen and oxygen atoms in total. The second-order valence-corrected chi connectivity index (χ2v) is 4.83. The zero-order valence-corrected chi connectivity index (χ0v) is 11.6. The summed E-state index contributed by atoms with van der Waals surface area (Å²) in [5.74, 6) is 1.09. The van der Waals surface area contributed by atoms with Crippen molar-refractivity contribution in [1.82, 2.24) is 0 Å². The third-order valence-corrected chi connectivity index (χ3v) is 3.31. The predicted molar refractivity (Wildman–Crippen MR) is 77.8 cm³/mol. The number of ether oxygens (including phenoxy) is 1. The maximum Gasteiger partial charge on any atom is 0.0978 e. The van der Waals surface area contributed by atoms with E-state index in [1.807, 2.05) is 37.3 Å². The molecule has 1 atom stereocenters. The minimum atomic E-state index is 0.116. The smallest absolute Gasteiger partial charge is 0.0978 e. The number of aryl methyl sites for hydroxylation is 1. The van der Waals surface area contributed by atoms with Gasteiger partial charge in [0.05, 0.1) is 24.7 Å². The van der Waals surface area contributed by atoms with Gasteiger partial charge in [-0.3, -0.25) is 4.99 Å². The molecule has 1 N–H and O–H groups in total. The van der Waals surface area contributed by atoms with Gasteiger partial charge in [-0.2, -0.15) is 0 Å². The fourth-order valence-corrected chi connectivity index (χ4v) is 2.20. The summed E-state index contributed by atoms with van der Waals surface area (Å²) in [6, 6.07) is 8.09. The number of hydrogen-bond acceptors (Lipinski definition) is 3. The lowest BCUT2D eigenvalue weighted by molar-refractivity contribution is 0.201. The average Bonchev–Trinajstić information content (AvgIpc) is 2.42. The van der Waals surface area contributed by atoms with Gasteiger partial charge in [0.1, 0.15) is 0 Å². The third-order valence-electron chi connectivity index (χ3n) is 3.31. The van der Waals surface area contributed by atoms with Crippen LogP contribution in [0.15, 0.2) is 41.1 Å². The van der Waals surface area contributed by atoms with E-state index in [1.54, 1.807) is 0 Å². The van der Waals surface area contributed by atoms with E-state index < -0.39 is 0 Å². The maximum atomic E-state index is 9.45. The fourth-order valence-electron chi connectivity index (χ4n) is 2.20. The minimum absolute atomic E-state index is 0.116. The first-order chi connectivity index (χ1) is 9.22. The molecule has 0 spiro atoms. The van der Waals surface area contributed by atoms with E-state index >= 15 is 0 Å². The predicted octanol–water partition coefficient (Wildman–Crippen LogP) is 3.39.